The van der Waals surface area contributed by atoms with Crippen LogP contribution in [-0.2, 0) is 4.79 Å². The van der Waals surface area contributed by atoms with Gasteiger partial charge in [-0.15, -0.1) is 0 Å². The molecule has 0 bridgehead atoms. The van der Waals surface area contributed by atoms with Crippen molar-refractivity contribution in [1.29, 1.82) is 0 Å². The van der Waals surface area contributed by atoms with Crippen LogP contribution < -0.4 is 10.6 Å². The van der Waals surface area contributed by atoms with Crippen molar-refractivity contribution in [3.63, 3.8) is 0 Å². The highest BCUT2D eigenvalue weighted by Crippen LogP contribution is 2.23. The molecule has 2 N–H and O–H groups in total. The molecule has 0 saturated carbocycles. The molecule has 0 aromatic heterocycles. The van der Waals surface area contributed by atoms with Gasteiger partial charge in [0.25, 0.3) is 5.92 Å². The average molecular weight is 150 g/mol. The lowest BCUT2D eigenvalue weighted by Gasteiger charge is -2.06. The number of alkyl halides is 2. The van der Waals surface area contributed by atoms with Crippen molar-refractivity contribution >= 4 is 6.41 Å². The number of hydrogen-bond acceptors (Lipinski definition) is 2. The Morgan fingerprint density at radius 3 is 2.80 bits per heavy atom. The highest BCUT2D eigenvalue weighted by atomic mass is 19.3. The minimum absolute atomic E-state index is 0.314. The van der Waals surface area contributed by atoms with Gasteiger partial charge < -0.3 is 5.32 Å². The van der Waals surface area contributed by atoms with E-state index in [1.54, 1.807) is 0 Å². The van der Waals surface area contributed by atoms with Gasteiger partial charge in [0.05, 0.1) is 12.7 Å². The second-order valence-electron chi connectivity index (χ2n) is 2.28. The topological polar surface area (TPSA) is 41.1 Å². The van der Waals surface area contributed by atoms with Crippen LogP contribution in [0.15, 0.2) is 0 Å². The van der Waals surface area contributed by atoms with Gasteiger partial charge in [-0.05, 0) is 0 Å². The molecular formula is C5H8F2N2O. The van der Waals surface area contributed by atoms with Crippen LogP contribution in [0.3, 0.4) is 0 Å². The fourth-order valence-electron chi connectivity index (χ4n) is 0.915. The highest BCUT2D eigenvalue weighted by Gasteiger charge is 2.38. The summed E-state index contributed by atoms with van der Waals surface area (Å²) in [6.45, 7) is -0.349. The summed E-state index contributed by atoms with van der Waals surface area (Å²) in [6.07, 6.45) is -0.461. The van der Waals surface area contributed by atoms with Gasteiger partial charge in [-0.3, -0.25) is 10.1 Å². The van der Waals surface area contributed by atoms with Gasteiger partial charge in [0.2, 0.25) is 6.41 Å². The maximum atomic E-state index is 12.3. The van der Waals surface area contributed by atoms with Crippen LogP contribution in [0.2, 0.25) is 0 Å². The molecule has 3 nitrogen and oxygen atoms in total. The predicted molar refractivity (Wildman–Crippen MR) is 30.6 cm³/mol. The van der Waals surface area contributed by atoms with Gasteiger partial charge in [0.1, 0.15) is 0 Å². The van der Waals surface area contributed by atoms with Crippen LogP contribution in [0.4, 0.5) is 8.78 Å². The van der Waals surface area contributed by atoms with E-state index >= 15 is 0 Å². The smallest absolute Gasteiger partial charge is 0.263 e. The molecule has 58 valence electrons. The summed E-state index contributed by atoms with van der Waals surface area (Å²) < 4.78 is 24.6. The Morgan fingerprint density at radius 2 is 2.40 bits per heavy atom. The van der Waals surface area contributed by atoms with Crippen LogP contribution in [0.1, 0.15) is 6.42 Å². The van der Waals surface area contributed by atoms with Crippen LogP contribution >= 0.6 is 0 Å². The number of carbonyl (C=O) groups is 1. The summed E-state index contributed by atoms with van der Waals surface area (Å²) >= 11 is 0. The van der Waals surface area contributed by atoms with Crippen LogP contribution in [0, 0.1) is 0 Å². The van der Waals surface area contributed by atoms with E-state index in [0.717, 1.165) is 0 Å². The first-order valence-electron chi connectivity index (χ1n) is 2.95. The van der Waals surface area contributed by atoms with E-state index in [2.05, 4.69) is 10.6 Å². The molecule has 1 fully saturated rings. The van der Waals surface area contributed by atoms with E-state index in [-0.39, 0.29) is 13.0 Å². The summed E-state index contributed by atoms with van der Waals surface area (Å²) in [4.78, 5) is 9.78. The molecule has 0 aromatic rings. The molecule has 1 rings (SSSR count). The number of amides is 1. The maximum absolute atomic E-state index is 12.3. The lowest BCUT2D eigenvalue weighted by atomic mass is 10.3. The van der Waals surface area contributed by atoms with Crippen molar-refractivity contribution in [2.75, 3.05) is 6.54 Å². The van der Waals surface area contributed by atoms with Gasteiger partial charge in [-0.25, -0.2) is 8.78 Å². The molecular weight excluding hydrogens is 142 g/mol. The van der Waals surface area contributed by atoms with Crippen molar-refractivity contribution in [2.24, 2.45) is 0 Å². The first-order valence-corrected chi connectivity index (χ1v) is 2.95. The zero-order chi connectivity index (χ0) is 7.61. The van der Waals surface area contributed by atoms with Crippen molar-refractivity contribution in [2.45, 2.75) is 18.5 Å². The van der Waals surface area contributed by atoms with Crippen molar-refractivity contribution in [1.82, 2.24) is 10.6 Å². The lowest BCUT2D eigenvalue weighted by Crippen LogP contribution is -2.35. The summed E-state index contributed by atoms with van der Waals surface area (Å²) in [5.74, 6) is -2.67. The first-order chi connectivity index (χ1) is 4.64. The van der Waals surface area contributed by atoms with E-state index in [1.165, 1.54) is 0 Å². The summed E-state index contributed by atoms with van der Waals surface area (Å²) in [5, 5.41) is 4.68. The molecule has 5 heteroatoms. The molecule has 0 unspecified atom stereocenters. The second-order valence-corrected chi connectivity index (χ2v) is 2.28. The number of halogens is 2. The number of nitrogens with one attached hydrogen (secondary N) is 2. The van der Waals surface area contributed by atoms with Gasteiger partial charge in [-0.2, -0.15) is 0 Å². The maximum Gasteiger partial charge on any atom is 0.263 e. The molecule has 0 radical (unpaired) electrons. The largest absolute Gasteiger partial charge is 0.343 e. The van der Waals surface area contributed by atoms with E-state index in [0.29, 0.717) is 6.41 Å². The monoisotopic (exact) mass is 150 g/mol. The number of rotatable bonds is 2. The second kappa shape index (κ2) is 2.49. The molecule has 0 aliphatic carbocycles. The average Bonchev–Trinajstić information content (AvgIpc) is 2.12. The molecule has 1 heterocycles. The minimum atomic E-state index is -2.67. The van der Waals surface area contributed by atoms with Crippen LogP contribution in [-0.4, -0.2) is 25.0 Å². The molecule has 0 spiro atoms. The van der Waals surface area contributed by atoms with Crippen molar-refractivity contribution < 1.29 is 13.6 Å². The normalized spacial score (nSPS) is 30.0. The zero-order valence-electron chi connectivity index (χ0n) is 5.23. The Labute approximate surface area is 56.8 Å². The molecule has 10 heavy (non-hydrogen) atoms. The summed E-state index contributed by atoms with van der Waals surface area (Å²) in [7, 11) is 0. The molecule has 0 aromatic carbocycles. The lowest BCUT2D eigenvalue weighted by molar-refractivity contribution is -0.110. The fourth-order valence-corrected chi connectivity index (χ4v) is 0.915. The van der Waals surface area contributed by atoms with E-state index in [4.69, 9.17) is 0 Å². The summed E-state index contributed by atoms with van der Waals surface area (Å²) in [6, 6.07) is 0. The Kier molecular flexibility index (Phi) is 1.85. The Bertz CT molecular complexity index is 140. The van der Waals surface area contributed by atoms with Crippen LogP contribution in [0.25, 0.3) is 0 Å². The standard InChI is InChI=1S/C5H8F2N2O/c6-5(7)1-4(8-2-5)9-3-10/h3-4,8H,1-2H2,(H,9,10)/t4-/m0/s1. The predicted octanol–water partition coefficient (Wildman–Crippen LogP) is -0.313. The molecule has 1 saturated heterocycles. The van der Waals surface area contributed by atoms with Gasteiger partial charge >= 0.3 is 0 Å². The van der Waals surface area contributed by atoms with Crippen LogP contribution in [0.5, 0.6) is 0 Å². The SMILES string of the molecule is O=CN[C@H]1CC(F)(F)CN1. The molecule has 1 aliphatic rings. The third kappa shape index (κ3) is 1.63. The highest BCUT2D eigenvalue weighted by molar-refractivity contribution is 5.46. The third-order valence-electron chi connectivity index (χ3n) is 1.38. The fraction of sp³-hybridized carbons (Fsp3) is 0.800. The zero-order valence-corrected chi connectivity index (χ0v) is 5.23. The van der Waals surface area contributed by atoms with Gasteiger partial charge in [0, 0.05) is 6.42 Å². The number of hydrogen-bond donors (Lipinski definition) is 2. The Balaban J connectivity index is 2.35. The van der Waals surface area contributed by atoms with E-state index in [1.807, 2.05) is 0 Å². The van der Waals surface area contributed by atoms with E-state index < -0.39 is 12.1 Å². The molecule has 1 atom stereocenters. The van der Waals surface area contributed by atoms with Crippen molar-refractivity contribution in [3.05, 3.63) is 0 Å². The first kappa shape index (κ1) is 7.40. The summed E-state index contributed by atoms with van der Waals surface area (Å²) in [5.41, 5.74) is 0. The minimum Gasteiger partial charge on any atom is -0.343 e. The molecule has 1 aliphatic heterocycles. The van der Waals surface area contributed by atoms with Crippen molar-refractivity contribution in [3.8, 4) is 0 Å². The third-order valence-corrected chi connectivity index (χ3v) is 1.38. The van der Waals surface area contributed by atoms with Gasteiger partial charge in [-0.1, -0.05) is 0 Å². The quantitative estimate of drug-likeness (QED) is 0.530. The number of carbonyl (C=O) groups excluding carboxylic acids is 1. The molecule has 1 amide bonds. The van der Waals surface area contributed by atoms with Gasteiger partial charge in [0.15, 0.2) is 0 Å². The Hall–Kier alpha value is -0.710. The Morgan fingerprint density at radius 1 is 1.70 bits per heavy atom. The van der Waals surface area contributed by atoms with E-state index in [9.17, 15) is 13.6 Å².